The van der Waals surface area contributed by atoms with Crippen LogP contribution in [0.5, 0.6) is 0 Å². The van der Waals surface area contributed by atoms with Gasteiger partial charge in [-0.1, -0.05) is 34.1 Å². The summed E-state index contributed by atoms with van der Waals surface area (Å²) in [4.78, 5) is 12.0. The van der Waals surface area contributed by atoms with Crippen molar-refractivity contribution < 1.29 is 4.79 Å². The zero-order valence-electron chi connectivity index (χ0n) is 10.9. The number of rotatable bonds is 4. The molecule has 0 aliphatic rings. The molecular weight excluding hydrogens is 304 g/mol. The van der Waals surface area contributed by atoms with Gasteiger partial charge in [0.25, 0.3) is 0 Å². The highest BCUT2D eigenvalue weighted by Gasteiger charge is 2.06. The van der Waals surface area contributed by atoms with Crippen LogP contribution >= 0.6 is 15.9 Å². The second-order valence-corrected chi connectivity index (χ2v) is 5.47. The van der Waals surface area contributed by atoms with E-state index in [0.717, 1.165) is 10.0 Å². The number of carbonyl (C=O) groups is 1. The van der Waals surface area contributed by atoms with E-state index in [0.29, 0.717) is 5.56 Å². The van der Waals surface area contributed by atoms with Crippen LogP contribution in [0.1, 0.15) is 35.8 Å². The molecule has 0 unspecified atom stereocenters. The molecule has 0 radical (unpaired) electrons. The smallest absolute Gasteiger partial charge is 0.189 e. The van der Waals surface area contributed by atoms with Gasteiger partial charge >= 0.3 is 0 Å². The largest absolute Gasteiger partial charge is 0.289 e. The molecule has 0 N–H and O–H groups in total. The number of hydrogen-bond acceptors (Lipinski definition) is 2. The maximum Gasteiger partial charge on any atom is 0.189 e. The Bertz CT molecular complexity index is 614. The number of halogens is 1. The van der Waals surface area contributed by atoms with Crippen molar-refractivity contribution in [1.29, 1.82) is 0 Å². The molecule has 0 saturated heterocycles. The van der Waals surface area contributed by atoms with Crippen LogP contribution in [0.2, 0.25) is 0 Å². The molecule has 0 aliphatic heterocycles. The Morgan fingerprint density at radius 2 is 2.21 bits per heavy atom. The van der Waals surface area contributed by atoms with Gasteiger partial charge in [-0.3, -0.25) is 9.48 Å². The zero-order valence-corrected chi connectivity index (χ0v) is 12.5. The minimum Gasteiger partial charge on any atom is -0.289 e. The van der Waals surface area contributed by atoms with E-state index >= 15 is 0 Å². The van der Waals surface area contributed by atoms with E-state index < -0.39 is 0 Å². The third-order valence-corrected chi connectivity index (χ3v) is 3.18. The summed E-state index contributed by atoms with van der Waals surface area (Å²) in [6, 6.07) is 8.06. The van der Waals surface area contributed by atoms with E-state index in [9.17, 15) is 4.79 Å². The SMILES string of the molecule is CC(C)n1cc(C(=O)/C=C/c2cccc(Br)c2)cn1. The maximum atomic E-state index is 12.0. The van der Waals surface area contributed by atoms with Crippen molar-refractivity contribution in [2.24, 2.45) is 0 Å². The Morgan fingerprint density at radius 1 is 1.42 bits per heavy atom. The second-order valence-electron chi connectivity index (χ2n) is 4.56. The van der Waals surface area contributed by atoms with Gasteiger partial charge in [0.1, 0.15) is 0 Å². The first-order valence-corrected chi connectivity index (χ1v) is 6.87. The van der Waals surface area contributed by atoms with E-state index in [2.05, 4.69) is 21.0 Å². The lowest BCUT2D eigenvalue weighted by atomic mass is 10.1. The minimum absolute atomic E-state index is 0.0353. The average molecular weight is 319 g/mol. The van der Waals surface area contributed by atoms with Crippen LogP contribution in [0.25, 0.3) is 6.08 Å². The molecule has 2 rings (SSSR count). The van der Waals surface area contributed by atoms with E-state index in [1.165, 1.54) is 0 Å². The summed E-state index contributed by atoms with van der Waals surface area (Å²) in [7, 11) is 0. The first kappa shape index (κ1) is 13.7. The van der Waals surface area contributed by atoms with E-state index in [1.807, 2.05) is 38.1 Å². The summed E-state index contributed by atoms with van der Waals surface area (Å²) in [5.74, 6) is -0.0353. The van der Waals surface area contributed by atoms with Crippen molar-refractivity contribution in [2.75, 3.05) is 0 Å². The average Bonchev–Trinajstić information content (AvgIpc) is 2.86. The van der Waals surface area contributed by atoms with Gasteiger partial charge in [0.15, 0.2) is 5.78 Å². The second kappa shape index (κ2) is 5.97. The van der Waals surface area contributed by atoms with Crippen molar-refractivity contribution in [2.45, 2.75) is 19.9 Å². The molecule has 0 spiro atoms. The molecule has 1 aromatic carbocycles. The quantitative estimate of drug-likeness (QED) is 0.627. The van der Waals surface area contributed by atoms with Crippen molar-refractivity contribution in [3.63, 3.8) is 0 Å². The molecule has 2 aromatic rings. The molecule has 0 fully saturated rings. The third-order valence-electron chi connectivity index (χ3n) is 2.69. The van der Waals surface area contributed by atoms with Crippen LogP contribution in [0.3, 0.4) is 0 Å². The first-order valence-electron chi connectivity index (χ1n) is 6.08. The number of hydrogen-bond donors (Lipinski definition) is 0. The summed E-state index contributed by atoms with van der Waals surface area (Å²) < 4.78 is 2.77. The molecular formula is C15H15BrN2O. The summed E-state index contributed by atoms with van der Waals surface area (Å²) in [6.45, 7) is 4.05. The number of aromatic nitrogens is 2. The summed E-state index contributed by atoms with van der Waals surface area (Å²) >= 11 is 3.40. The van der Waals surface area contributed by atoms with Crippen molar-refractivity contribution >= 4 is 27.8 Å². The zero-order chi connectivity index (χ0) is 13.8. The maximum absolute atomic E-state index is 12.0. The molecule has 0 bridgehead atoms. The normalized spacial score (nSPS) is 11.4. The van der Waals surface area contributed by atoms with Crippen LogP contribution in [-0.4, -0.2) is 15.6 Å². The standard InChI is InChI=1S/C15H15BrN2O/c1-11(2)18-10-13(9-17-18)15(19)7-6-12-4-3-5-14(16)8-12/h3-11H,1-2H3/b7-6+. The van der Waals surface area contributed by atoms with Crippen molar-refractivity contribution in [1.82, 2.24) is 9.78 Å². The van der Waals surface area contributed by atoms with E-state index in [1.54, 1.807) is 29.2 Å². The highest BCUT2D eigenvalue weighted by Crippen LogP contribution is 2.13. The summed E-state index contributed by atoms with van der Waals surface area (Å²) in [6.07, 6.45) is 6.76. The molecule has 19 heavy (non-hydrogen) atoms. The summed E-state index contributed by atoms with van der Waals surface area (Å²) in [5.41, 5.74) is 1.60. The van der Waals surface area contributed by atoms with Gasteiger partial charge in [-0.15, -0.1) is 0 Å². The lowest BCUT2D eigenvalue weighted by molar-refractivity contribution is 0.104. The molecule has 3 nitrogen and oxygen atoms in total. The van der Waals surface area contributed by atoms with Gasteiger partial charge in [0.2, 0.25) is 0 Å². The Labute approximate surface area is 121 Å². The monoisotopic (exact) mass is 318 g/mol. The van der Waals surface area contributed by atoms with Crippen molar-refractivity contribution in [3.05, 3.63) is 58.3 Å². The molecule has 0 atom stereocenters. The van der Waals surface area contributed by atoms with Gasteiger partial charge in [0.05, 0.1) is 11.8 Å². The van der Waals surface area contributed by atoms with E-state index in [4.69, 9.17) is 0 Å². The van der Waals surface area contributed by atoms with Gasteiger partial charge in [-0.2, -0.15) is 5.10 Å². The fourth-order valence-electron chi connectivity index (χ4n) is 1.63. The molecule has 0 saturated carbocycles. The van der Waals surface area contributed by atoms with Crippen LogP contribution in [0.4, 0.5) is 0 Å². The number of ketones is 1. The highest BCUT2D eigenvalue weighted by molar-refractivity contribution is 9.10. The molecule has 98 valence electrons. The number of nitrogens with zero attached hydrogens (tertiary/aromatic N) is 2. The third kappa shape index (κ3) is 3.64. The molecule has 1 aromatic heterocycles. The van der Waals surface area contributed by atoms with Gasteiger partial charge in [-0.05, 0) is 37.6 Å². The van der Waals surface area contributed by atoms with Crippen LogP contribution in [-0.2, 0) is 0 Å². The molecule has 4 heteroatoms. The van der Waals surface area contributed by atoms with Crippen LogP contribution < -0.4 is 0 Å². The Hall–Kier alpha value is -1.68. The van der Waals surface area contributed by atoms with Crippen LogP contribution in [0.15, 0.2) is 47.2 Å². The lowest BCUT2D eigenvalue weighted by Gasteiger charge is -2.02. The van der Waals surface area contributed by atoms with E-state index in [-0.39, 0.29) is 11.8 Å². The fraction of sp³-hybridized carbons (Fsp3) is 0.200. The van der Waals surface area contributed by atoms with Gasteiger partial charge in [-0.25, -0.2) is 0 Å². The van der Waals surface area contributed by atoms with Gasteiger partial charge in [0, 0.05) is 16.7 Å². The Balaban J connectivity index is 2.12. The Kier molecular flexibility index (Phi) is 4.32. The first-order chi connectivity index (χ1) is 9.06. The molecule has 1 heterocycles. The van der Waals surface area contributed by atoms with Gasteiger partial charge < -0.3 is 0 Å². The molecule has 0 aliphatic carbocycles. The topological polar surface area (TPSA) is 34.9 Å². The molecule has 0 amide bonds. The fourth-order valence-corrected chi connectivity index (χ4v) is 2.04. The number of benzene rings is 1. The predicted octanol–water partition coefficient (Wildman–Crippen LogP) is 4.12. The van der Waals surface area contributed by atoms with Crippen molar-refractivity contribution in [3.8, 4) is 0 Å². The predicted molar refractivity (Wildman–Crippen MR) is 80.1 cm³/mol. The highest BCUT2D eigenvalue weighted by atomic mass is 79.9. The summed E-state index contributed by atoms with van der Waals surface area (Å²) in [5, 5.41) is 4.16. The number of carbonyl (C=O) groups excluding carboxylic acids is 1. The lowest BCUT2D eigenvalue weighted by Crippen LogP contribution is -2.00. The Morgan fingerprint density at radius 3 is 2.84 bits per heavy atom. The van der Waals surface area contributed by atoms with Crippen LogP contribution in [0, 0.1) is 0 Å². The number of allylic oxidation sites excluding steroid dienone is 1. The minimum atomic E-state index is -0.0353.